The van der Waals surface area contributed by atoms with E-state index in [0.717, 1.165) is 44.8 Å². The van der Waals surface area contributed by atoms with Gasteiger partial charge in [-0.2, -0.15) is 0 Å². The molecule has 0 aliphatic carbocycles. The molecular formula is C12H22N2O. The van der Waals surface area contributed by atoms with Gasteiger partial charge in [0.1, 0.15) is 0 Å². The van der Waals surface area contributed by atoms with E-state index in [1.54, 1.807) is 0 Å². The molecule has 0 radical (unpaired) electrons. The first-order chi connectivity index (χ1) is 7.31. The molecule has 1 N–H and O–H groups in total. The lowest BCUT2D eigenvalue weighted by Crippen LogP contribution is -2.41. The normalized spacial score (nSPS) is 30.3. The molecule has 2 rings (SSSR count). The van der Waals surface area contributed by atoms with E-state index >= 15 is 0 Å². The summed E-state index contributed by atoms with van der Waals surface area (Å²) in [7, 11) is 0. The Labute approximate surface area is 92.2 Å². The van der Waals surface area contributed by atoms with E-state index in [-0.39, 0.29) is 0 Å². The second-order valence-corrected chi connectivity index (χ2v) is 4.87. The topological polar surface area (TPSA) is 32.3 Å². The predicted molar refractivity (Wildman–Crippen MR) is 60.6 cm³/mol. The van der Waals surface area contributed by atoms with E-state index in [1.165, 1.54) is 12.8 Å². The minimum absolute atomic E-state index is 0.369. The third kappa shape index (κ3) is 2.51. The number of piperidine rings is 1. The van der Waals surface area contributed by atoms with E-state index in [4.69, 9.17) is 0 Å². The number of rotatable bonds is 3. The summed E-state index contributed by atoms with van der Waals surface area (Å²) in [6.45, 7) is 5.23. The number of likely N-dealkylation sites (tertiary alicyclic amines) is 1. The van der Waals surface area contributed by atoms with Crippen LogP contribution in [0, 0.1) is 5.92 Å². The molecule has 0 aromatic carbocycles. The van der Waals surface area contributed by atoms with Crippen molar-refractivity contribution in [3.8, 4) is 0 Å². The van der Waals surface area contributed by atoms with Gasteiger partial charge < -0.3 is 10.2 Å². The Hall–Kier alpha value is -0.570. The maximum atomic E-state index is 11.8. The second kappa shape index (κ2) is 4.97. The van der Waals surface area contributed by atoms with Gasteiger partial charge in [-0.05, 0) is 31.7 Å². The molecule has 0 saturated carbocycles. The number of nitrogens with zero attached hydrogens (tertiary/aromatic N) is 1. The lowest BCUT2D eigenvalue weighted by atomic mass is 9.94. The Kier molecular flexibility index (Phi) is 3.62. The van der Waals surface area contributed by atoms with Crippen molar-refractivity contribution in [2.75, 3.05) is 19.6 Å². The molecule has 2 fully saturated rings. The van der Waals surface area contributed by atoms with Crippen molar-refractivity contribution in [2.24, 2.45) is 5.92 Å². The average Bonchev–Trinajstić information content (AvgIpc) is 2.69. The van der Waals surface area contributed by atoms with Crippen LogP contribution in [-0.4, -0.2) is 36.5 Å². The molecular weight excluding hydrogens is 188 g/mol. The molecule has 0 bridgehead atoms. The number of unbranched alkanes of at least 4 members (excludes halogenated alkanes) is 1. The first kappa shape index (κ1) is 10.9. The van der Waals surface area contributed by atoms with E-state index in [1.807, 2.05) is 0 Å². The quantitative estimate of drug-likeness (QED) is 0.763. The minimum atomic E-state index is 0.369. The highest BCUT2D eigenvalue weighted by atomic mass is 16.2. The maximum Gasteiger partial charge on any atom is 0.222 e. The zero-order valence-corrected chi connectivity index (χ0v) is 9.67. The Morgan fingerprint density at radius 1 is 1.47 bits per heavy atom. The zero-order chi connectivity index (χ0) is 10.7. The first-order valence-corrected chi connectivity index (χ1v) is 6.32. The number of amides is 1. The van der Waals surface area contributed by atoms with Crippen LogP contribution in [0.1, 0.15) is 39.0 Å². The van der Waals surface area contributed by atoms with E-state index in [9.17, 15) is 4.79 Å². The second-order valence-electron chi connectivity index (χ2n) is 4.87. The van der Waals surface area contributed by atoms with Gasteiger partial charge in [0.25, 0.3) is 0 Å². The lowest BCUT2D eigenvalue weighted by molar-refractivity contribution is -0.130. The smallest absolute Gasteiger partial charge is 0.222 e. The fourth-order valence-electron chi connectivity index (χ4n) is 2.74. The summed E-state index contributed by atoms with van der Waals surface area (Å²) in [5, 5.41) is 3.53. The number of nitrogens with one attached hydrogen (secondary N) is 1. The van der Waals surface area contributed by atoms with Crippen LogP contribution in [0.15, 0.2) is 0 Å². The van der Waals surface area contributed by atoms with Crippen LogP contribution in [0.3, 0.4) is 0 Å². The first-order valence-electron chi connectivity index (χ1n) is 6.32. The van der Waals surface area contributed by atoms with Crippen molar-refractivity contribution in [3.05, 3.63) is 0 Å². The molecule has 0 aromatic rings. The van der Waals surface area contributed by atoms with Gasteiger partial charge in [0.15, 0.2) is 0 Å². The Balaban J connectivity index is 1.82. The van der Waals surface area contributed by atoms with Crippen LogP contribution < -0.4 is 5.32 Å². The van der Waals surface area contributed by atoms with Crippen LogP contribution in [0.4, 0.5) is 0 Å². The fourth-order valence-corrected chi connectivity index (χ4v) is 2.74. The fraction of sp³-hybridized carbons (Fsp3) is 0.917. The van der Waals surface area contributed by atoms with Gasteiger partial charge in [-0.25, -0.2) is 0 Å². The summed E-state index contributed by atoms with van der Waals surface area (Å²) >= 11 is 0. The van der Waals surface area contributed by atoms with Crippen molar-refractivity contribution in [1.82, 2.24) is 10.2 Å². The molecule has 2 saturated heterocycles. The summed E-state index contributed by atoms with van der Waals surface area (Å²) in [4.78, 5) is 13.9. The molecule has 2 atom stereocenters. The van der Waals surface area contributed by atoms with Crippen molar-refractivity contribution in [3.63, 3.8) is 0 Å². The SMILES string of the molecule is CCCCC(=O)N1C[C@@H]2CCCN[C@@H]2C1. The molecule has 0 aromatic heterocycles. The molecule has 3 nitrogen and oxygen atoms in total. The highest BCUT2D eigenvalue weighted by Gasteiger charge is 2.35. The third-order valence-corrected chi connectivity index (χ3v) is 3.70. The van der Waals surface area contributed by atoms with Gasteiger partial charge in [-0.3, -0.25) is 4.79 Å². The van der Waals surface area contributed by atoms with Gasteiger partial charge in [0.05, 0.1) is 0 Å². The zero-order valence-electron chi connectivity index (χ0n) is 9.67. The van der Waals surface area contributed by atoms with Crippen LogP contribution in [0.2, 0.25) is 0 Å². The number of carbonyl (C=O) groups excluding carboxylic acids is 1. The number of fused-ring (bicyclic) bond motifs is 1. The summed E-state index contributed by atoms with van der Waals surface area (Å²) in [6.07, 6.45) is 5.48. The molecule has 2 aliphatic rings. The lowest BCUT2D eigenvalue weighted by Gasteiger charge is -2.24. The highest BCUT2D eigenvalue weighted by Crippen LogP contribution is 2.25. The molecule has 15 heavy (non-hydrogen) atoms. The molecule has 3 heteroatoms. The van der Waals surface area contributed by atoms with E-state index < -0.39 is 0 Å². The molecule has 0 unspecified atom stereocenters. The molecule has 2 heterocycles. The van der Waals surface area contributed by atoms with Gasteiger partial charge >= 0.3 is 0 Å². The van der Waals surface area contributed by atoms with Gasteiger partial charge in [-0.1, -0.05) is 13.3 Å². The molecule has 86 valence electrons. The largest absolute Gasteiger partial charge is 0.341 e. The van der Waals surface area contributed by atoms with Crippen molar-refractivity contribution >= 4 is 5.91 Å². The van der Waals surface area contributed by atoms with Crippen molar-refractivity contribution < 1.29 is 4.79 Å². The van der Waals surface area contributed by atoms with E-state index in [2.05, 4.69) is 17.1 Å². The Morgan fingerprint density at radius 2 is 2.33 bits per heavy atom. The Bertz CT molecular complexity index is 216. The summed E-state index contributed by atoms with van der Waals surface area (Å²) in [5.74, 6) is 1.09. The van der Waals surface area contributed by atoms with Gasteiger partial charge in [0, 0.05) is 25.6 Å². The van der Waals surface area contributed by atoms with Crippen molar-refractivity contribution in [1.29, 1.82) is 0 Å². The Morgan fingerprint density at radius 3 is 3.07 bits per heavy atom. The minimum Gasteiger partial charge on any atom is -0.341 e. The predicted octanol–water partition coefficient (Wildman–Crippen LogP) is 1.39. The van der Waals surface area contributed by atoms with Gasteiger partial charge in [-0.15, -0.1) is 0 Å². The molecule has 2 aliphatic heterocycles. The third-order valence-electron chi connectivity index (χ3n) is 3.70. The van der Waals surface area contributed by atoms with Crippen molar-refractivity contribution in [2.45, 2.75) is 45.1 Å². The average molecular weight is 210 g/mol. The van der Waals surface area contributed by atoms with Crippen LogP contribution in [-0.2, 0) is 4.79 Å². The van der Waals surface area contributed by atoms with Crippen LogP contribution in [0.5, 0.6) is 0 Å². The highest BCUT2D eigenvalue weighted by molar-refractivity contribution is 5.76. The summed E-state index contributed by atoms with van der Waals surface area (Å²) in [5.41, 5.74) is 0. The maximum absolute atomic E-state index is 11.8. The molecule has 1 amide bonds. The number of carbonyl (C=O) groups is 1. The van der Waals surface area contributed by atoms with Crippen LogP contribution >= 0.6 is 0 Å². The number of hydrogen-bond donors (Lipinski definition) is 1. The molecule has 0 spiro atoms. The monoisotopic (exact) mass is 210 g/mol. The van der Waals surface area contributed by atoms with E-state index in [0.29, 0.717) is 11.9 Å². The summed E-state index contributed by atoms with van der Waals surface area (Å²) in [6, 6.07) is 0.587. The summed E-state index contributed by atoms with van der Waals surface area (Å²) < 4.78 is 0. The van der Waals surface area contributed by atoms with Gasteiger partial charge in [0.2, 0.25) is 5.91 Å². The standard InChI is InChI=1S/C12H22N2O/c1-2-3-6-12(15)14-8-10-5-4-7-13-11(10)9-14/h10-11,13H,2-9H2,1H3/t10-,11+/m0/s1. The number of hydrogen-bond acceptors (Lipinski definition) is 2. The van der Waals surface area contributed by atoms with Crippen LogP contribution in [0.25, 0.3) is 0 Å².